The maximum absolute atomic E-state index is 12.0. The van der Waals surface area contributed by atoms with Gasteiger partial charge >= 0.3 is 0 Å². The number of hydrogen-bond donors (Lipinski definition) is 0. The lowest BCUT2D eigenvalue weighted by Gasteiger charge is -1.99. The van der Waals surface area contributed by atoms with Crippen LogP contribution in [0.5, 0.6) is 0 Å². The highest BCUT2D eigenvalue weighted by molar-refractivity contribution is 6.42. The smallest absolute Gasteiger partial charge is 0.185 e. The Kier molecular flexibility index (Phi) is 4.41. The van der Waals surface area contributed by atoms with Crippen molar-refractivity contribution in [1.82, 2.24) is 0 Å². The fourth-order valence-electron chi connectivity index (χ4n) is 1.60. The molecule has 0 amide bonds. The fourth-order valence-corrected chi connectivity index (χ4v) is 1.89. The highest BCUT2D eigenvalue weighted by Gasteiger charge is 2.04. The third-order valence-electron chi connectivity index (χ3n) is 2.71. The Bertz CT molecular complexity index is 628. The van der Waals surface area contributed by atoms with Crippen molar-refractivity contribution < 1.29 is 4.79 Å². The molecular formula is C16H12Cl2O. The van der Waals surface area contributed by atoms with E-state index >= 15 is 0 Å². The van der Waals surface area contributed by atoms with Crippen molar-refractivity contribution in [1.29, 1.82) is 0 Å². The van der Waals surface area contributed by atoms with Gasteiger partial charge in [-0.05, 0) is 36.8 Å². The Morgan fingerprint density at radius 1 is 1.00 bits per heavy atom. The molecule has 0 bridgehead atoms. The van der Waals surface area contributed by atoms with E-state index in [0.29, 0.717) is 15.6 Å². The molecular weight excluding hydrogens is 279 g/mol. The van der Waals surface area contributed by atoms with E-state index in [9.17, 15) is 4.79 Å². The SMILES string of the molecule is Cc1ccc(/C=C/C(=O)c2ccc(Cl)c(Cl)c2)cc1. The average Bonchev–Trinajstić information content (AvgIpc) is 2.41. The van der Waals surface area contributed by atoms with Gasteiger partial charge in [-0.15, -0.1) is 0 Å². The quantitative estimate of drug-likeness (QED) is 0.561. The molecule has 2 aromatic carbocycles. The first-order chi connectivity index (χ1) is 9.06. The second-order valence-electron chi connectivity index (χ2n) is 4.24. The molecule has 0 aromatic heterocycles. The fraction of sp³-hybridized carbons (Fsp3) is 0.0625. The summed E-state index contributed by atoms with van der Waals surface area (Å²) in [5, 5.41) is 0.831. The highest BCUT2D eigenvalue weighted by Crippen LogP contribution is 2.23. The molecule has 0 saturated heterocycles. The third-order valence-corrected chi connectivity index (χ3v) is 3.45. The lowest BCUT2D eigenvalue weighted by Crippen LogP contribution is -1.93. The van der Waals surface area contributed by atoms with Crippen molar-refractivity contribution in [2.45, 2.75) is 6.92 Å². The zero-order chi connectivity index (χ0) is 13.8. The first-order valence-corrected chi connectivity index (χ1v) is 6.56. The molecule has 96 valence electrons. The summed E-state index contributed by atoms with van der Waals surface area (Å²) < 4.78 is 0. The minimum absolute atomic E-state index is 0.0980. The van der Waals surface area contributed by atoms with E-state index in [0.717, 1.165) is 5.56 Å². The van der Waals surface area contributed by atoms with Crippen LogP contribution in [0.15, 0.2) is 48.5 Å². The number of carbonyl (C=O) groups excluding carboxylic acids is 1. The molecule has 0 heterocycles. The van der Waals surface area contributed by atoms with Gasteiger partial charge < -0.3 is 0 Å². The van der Waals surface area contributed by atoms with Crippen LogP contribution in [0.2, 0.25) is 10.0 Å². The van der Waals surface area contributed by atoms with Crippen LogP contribution in [-0.4, -0.2) is 5.78 Å². The number of hydrogen-bond acceptors (Lipinski definition) is 1. The molecule has 1 nitrogen and oxygen atoms in total. The maximum atomic E-state index is 12.0. The number of ketones is 1. The van der Waals surface area contributed by atoms with Gasteiger partial charge in [0.2, 0.25) is 0 Å². The van der Waals surface area contributed by atoms with Crippen LogP contribution in [0.4, 0.5) is 0 Å². The first-order valence-electron chi connectivity index (χ1n) is 5.80. The van der Waals surface area contributed by atoms with Crippen molar-refractivity contribution in [2.24, 2.45) is 0 Å². The zero-order valence-corrected chi connectivity index (χ0v) is 11.9. The lowest BCUT2D eigenvalue weighted by atomic mass is 10.1. The van der Waals surface area contributed by atoms with E-state index in [2.05, 4.69) is 0 Å². The molecule has 3 heteroatoms. The van der Waals surface area contributed by atoms with E-state index < -0.39 is 0 Å². The number of allylic oxidation sites excluding steroid dienone is 1. The zero-order valence-electron chi connectivity index (χ0n) is 10.4. The van der Waals surface area contributed by atoms with Gasteiger partial charge in [0.05, 0.1) is 10.0 Å². The lowest BCUT2D eigenvalue weighted by molar-refractivity contribution is 0.104. The van der Waals surface area contributed by atoms with Gasteiger partial charge in [-0.2, -0.15) is 0 Å². The molecule has 0 atom stereocenters. The summed E-state index contributed by atoms with van der Waals surface area (Å²) >= 11 is 11.7. The third kappa shape index (κ3) is 3.69. The molecule has 19 heavy (non-hydrogen) atoms. The number of carbonyl (C=O) groups is 1. The average molecular weight is 291 g/mol. The minimum atomic E-state index is -0.0980. The Labute approximate surface area is 122 Å². The Morgan fingerprint density at radius 3 is 2.32 bits per heavy atom. The van der Waals surface area contributed by atoms with E-state index in [-0.39, 0.29) is 5.78 Å². The molecule has 0 fully saturated rings. The maximum Gasteiger partial charge on any atom is 0.185 e. The van der Waals surface area contributed by atoms with Crippen molar-refractivity contribution in [2.75, 3.05) is 0 Å². The Hall–Kier alpha value is -1.57. The molecule has 0 aliphatic heterocycles. The van der Waals surface area contributed by atoms with Crippen LogP contribution in [0, 0.1) is 6.92 Å². The summed E-state index contributed by atoms with van der Waals surface area (Å²) in [4.78, 5) is 12.0. The van der Waals surface area contributed by atoms with Crippen LogP contribution in [-0.2, 0) is 0 Å². The first kappa shape index (κ1) is 13.9. The van der Waals surface area contributed by atoms with Crippen LogP contribution < -0.4 is 0 Å². The Morgan fingerprint density at radius 2 is 1.68 bits per heavy atom. The normalized spacial score (nSPS) is 10.9. The van der Waals surface area contributed by atoms with Crippen LogP contribution in [0.25, 0.3) is 6.08 Å². The molecule has 0 aliphatic rings. The highest BCUT2D eigenvalue weighted by atomic mass is 35.5. The molecule has 0 unspecified atom stereocenters. The summed E-state index contributed by atoms with van der Waals surface area (Å²) in [5.41, 5.74) is 2.70. The summed E-state index contributed by atoms with van der Waals surface area (Å²) in [6.07, 6.45) is 3.31. The van der Waals surface area contributed by atoms with Crippen LogP contribution >= 0.6 is 23.2 Å². The molecule has 0 radical (unpaired) electrons. The topological polar surface area (TPSA) is 17.1 Å². The van der Waals surface area contributed by atoms with Gasteiger partial charge in [-0.3, -0.25) is 4.79 Å². The monoisotopic (exact) mass is 290 g/mol. The van der Waals surface area contributed by atoms with Crippen molar-refractivity contribution >= 4 is 35.1 Å². The summed E-state index contributed by atoms with van der Waals surface area (Å²) in [6.45, 7) is 2.02. The standard InChI is InChI=1S/C16H12Cl2O/c1-11-2-4-12(5-3-11)6-9-16(19)13-7-8-14(17)15(18)10-13/h2-10H,1H3/b9-6+. The number of benzene rings is 2. The molecule has 2 rings (SSSR count). The molecule has 0 N–H and O–H groups in total. The molecule has 0 saturated carbocycles. The minimum Gasteiger partial charge on any atom is -0.289 e. The van der Waals surface area contributed by atoms with Crippen LogP contribution in [0.1, 0.15) is 21.5 Å². The second-order valence-corrected chi connectivity index (χ2v) is 5.05. The summed E-state index contributed by atoms with van der Waals surface area (Å²) in [5.74, 6) is -0.0980. The largest absolute Gasteiger partial charge is 0.289 e. The van der Waals surface area contributed by atoms with E-state index in [1.807, 2.05) is 31.2 Å². The van der Waals surface area contributed by atoms with E-state index in [1.54, 1.807) is 24.3 Å². The summed E-state index contributed by atoms with van der Waals surface area (Å²) in [6, 6.07) is 12.8. The van der Waals surface area contributed by atoms with Gasteiger partial charge in [0, 0.05) is 5.56 Å². The van der Waals surface area contributed by atoms with Crippen molar-refractivity contribution in [3.8, 4) is 0 Å². The summed E-state index contributed by atoms with van der Waals surface area (Å²) in [7, 11) is 0. The van der Waals surface area contributed by atoms with Crippen molar-refractivity contribution in [3.63, 3.8) is 0 Å². The van der Waals surface area contributed by atoms with Gasteiger partial charge in [0.15, 0.2) is 5.78 Å². The van der Waals surface area contributed by atoms with E-state index in [1.165, 1.54) is 11.6 Å². The van der Waals surface area contributed by atoms with Crippen LogP contribution in [0.3, 0.4) is 0 Å². The van der Waals surface area contributed by atoms with Gasteiger partial charge in [-0.25, -0.2) is 0 Å². The number of halogens is 2. The predicted molar refractivity (Wildman–Crippen MR) is 81.0 cm³/mol. The molecule has 0 aliphatic carbocycles. The molecule has 2 aromatic rings. The van der Waals surface area contributed by atoms with Gasteiger partial charge in [0.1, 0.15) is 0 Å². The Balaban J connectivity index is 2.16. The van der Waals surface area contributed by atoms with Gasteiger partial charge in [0.25, 0.3) is 0 Å². The number of rotatable bonds is 3. The predicted octanol–water partition coefficient (Wildman–Crippen LogP) is 5.20. The second kappa shape index (κ2) is 6.05. The van der Waals surface area contributed by atoms with Crippen molar-refractivity contribution in [3.05, 3.63) is 75.3 Å². The number of aryl methyl sites for hydroxylation is 1. The van der Waals surface area contributed by atoms with E-state index in [4.69, 9.17) is 23.2 Å². The molecule has 0 spiro atoms. The van der Waals surface area contributed by atoms with Gasteiger partial charge in [-0.1, -0.05) is 59.1 Å².